The van der Waals surface area contributed by atoms with Gasteiger partial charge in [-0.05, 0) is 27.6 Å². The SMILES string of the molecule is O=C(Cc1ccc(F)cc1)Cn1cnc([N+](=O)[O-])c1. The van der Waals surface area contributed by atoms with E-state index < -0.39 is 4.92 Å². The van der Waals surface area contributed by atoms with Crippen molar-refractivity contribution in [1.29, 1.82) is 0 Å². The van der Waals surface area contributed by atoms with E-state index in [0.29, 0.717) is 5.56 Å². The van der Waals surface area contributed by atoms with Gasteiger partial charge in [0, 0.05) is 6.42 Å². The molecule has 0 amide bonds. The topological polar surface area (TPSA) is 78.0 Å². The van der Waals surface area contributed by atoms with Crippen molar-refractivity contribution < 1.29 is 14.1 Å². The molecule has 0 atom stereocenters. The third-order valence-corrected chi connectivity index (χ3v) is 2.48. The molecule has 19 heavy (non-hydrogen) atoms. The Kier molecular flexibility index (Phi) is 3.65. The number of nitrogens with zero attached hydrogens (tertiary/aromatic N) is 3. The van der Waals surface area contributed by atoms with E-state index in [1.165, 1.54) is 41.4 Å². The van der Waals surface area contributed by atoms with Crippen molar-refractivity contribution >= 4 is 11.6 Å². The molecule has 0 spiro atoms. The van der Waals surface area contributed by atoms with Crippen molar-refractivity contribution in [3.63, 3.8) is 0 Å². The lowest BCUT2D eigenvalue weighted by Crippen LogP contribution is -2.11. The Balaban J connectivity index is 1.97. The largest absolute Gasteiger partial charge is 0.381 e. The molecular weight excluding hydrogens is 253 g/mol. The van der Waals surface area contributed by atoms with E-state index >= 15 is 0 Å². The molecule has 2 rings (SSSR count). The van der Waals surface area contributed by atoms with Crippen LogP contribution in [0.1, 0.15) is 5.56 Å². The van der Waals surface area contributed by atoms with Gasteiger partial charge >= 0.3 is 5.82 Å². The molecule has 0 aliphatic carbocycles. The van der Waals surface area contributed by atoms with E-state index in [-0.39, 0.29) is 30.4 Å². The van der Waals surface area contributed by atoms with Crippen molar-refractivity contribution in [2.24, 2.45) is 0 Å². The molecule has 98 valence electrons. The highest BCUT2D eigenvalue weighted by Gasteiger charge is 2.12. The Hall–Kier alpha value is -2.57. The lowest BCUT2D eigenvalue weighted by Gasteiger charge is -2.01. The van der Waals surface area contributed by atoms with Crippen molar-refractivity contribution in [2.75, 3.05) is 0 Å². The van der Waals surface area contributed by atoms with Crippen molar-refractivity contribution in [1.82, 2.24) is 9.55 Å². The molecule has 0 unspecified atom stereocenters. The van der Waals surface area contributed by atoms with Gasteiger partial charge in [-0.15, -0.1) is 0 Å². The van der Waals surface area contributed by atoms with Gasteiger partial charge in [0.25, 0.3) is 0 Å². The van der Waals surface area contributed by atoms with Crippen LogP contribution in [0.25, 0.3) is 0 Å². The Labute approximate surface area is 107 Å². The van der Waals surface area contributed by atoms with Crippen LogP contribution in [0.3, 0.4) is 0 Å². The summed E-state index contributed by atoms with van der Waals surface area (Å²) in [6, 6.07) is 5.63. The lowest BCUT2D eigenvalue weighted by molar-refractivity contribution is -0.389. The molecule has 0 aliphatic rings. The van der Waals surface area contributed by atoms with E-state index in [0.717, 1.165) is 0 Å². The monoisotopic (exact) mass is 263 g/mol. The molecule has 1 aromatic carbocycles. The first kappa shape index (κ1) is 12.9. The zero-order valence-electron chi connectivity index (χ0n) is 9.82. The molecule has 0 fully saturated rings. The molecule has 0 saturated heterocycles. The number of halogens is 1. The van der Waals surface area contributed by atoms with E-state index in [9.17, 15) is 19.3 Å². The van der Waals surface area contributed by atoms with E-state index in [2.05, 4.69) is 4.98 Å². The second kappa shape index (κ2) is 5.38. The lowest BCUT2D eigenvalue weighted by atomic mass is 10.1. The maximum atomic E-state index is 12.7. The molecule has 0 N–H and O–H groups in total. The molecule has 0 radical (unpaired) electrons. The smallest absolute Gasteiger partial charge is 0.358 e. The van der Waals surface area contributed by atoms with Gasteiger partial charge in [0.2, 0.25) is 6.33 Å². The highest BCUT2D eigenvalue weighted by Crippen LogP contribution is 2.08. The molecule has 0 bridgehead atoms. The Morgan fingerprint density at radius 1 is 1.37 bits per heavy atom. The third kappa shape index (κ3) is 3.44. The zero-order valence-corrected chi connectivity index (χ0v) is 9.82. The molecule has 0 aliphatic heterocycles. The predicted octanol–water partition coefficient (Wildman–Crippen LogP) is 1.74. The average Bonchev–Trinajstić information content (AvgIpc) is 2.80. The second-order valence-corrected chi connectivity index (χ2v) is 4.00. The Morgan fingerprint density at radius 3 is 2.63 bits per heavy atom. The van der Waals surface area contributed by atoms with Gasteiger partial charge in [-0.2, -0.15) is 0 Å². The van der Waals surface area contributed by atoms with Crippen LogP contribution in [0.2, 0.25) is 0 Å². The van der Waals surface area contributed by atoms with Crippen LogP contribution in [-0.2, 0) is 17.8 Å². The van der Waals surface area contributed by atoms with Crippen molar-refractivity contribution in [3.8, 4) is 0 Å². The van der Waals surface area contributed by atoms with Crippen LogP contribution in [0.4, 0.5) is 10.2 Å². The second-order valence-electron chi connectivity index (χ2n) is 4.00. The number of nitro groups is 1. The number of benzene rings is 1. The maximum absolute atomic E-state index is 12.7. The van der Waals surface area contributed by atoms with Crippen LogP contribution in [0, 0.1) is 15.9 Å². The number of carbonyl (C=O) groups excluding carboxylic acids is 1. The molecule has 1 heterocycles. The minimum absolute atomic E-state index is 0.00177. The summed E-state index contributed by atoms with van der Waals surface area (Å²) in [5.74, 6) is -0.796. The summed E-state index contributed by atoms with van der Waals surface area (Å²) in [5, 5.41) is 10.4. The third-order valence-electron chi connectivity index (χ3n) is 2.48. The minimum Gasteiger partial charge on any atom is -0.358 e. The van der Waals surface area contributed by atoms with Crippen molar-refractivity contribution in [3.05, 3.63) is 58.3 Å². The fourth-order valence-electron chi connectivity index (χ4n) is 1.62. The van der Waals surface area contributed by atoms with E-state index in [1.54, 1.807) is 0 Å². The number of aromatic nitrogens is 2. The predicted molar refractivity (Wildman–Crippen MR) is 64.0 cm³/mol. The highest BCUT2D eigenvalue weighted by atomic mass is 19.1. The fraction of sp³-hybridized carbons (Fsp3) is 0.167. The summed E-state index contributed by atoms with van der Waals surface area (Å²) in [4.78, 5) is 25.1. The van der Waals surface area contributed by atoms with Gasteiger partial charge in [0.1, 0.15) is 12.0 Å². The fourth-order valence-corrected chi connectivity index (χ4v) is 1.62. The first-order valence-corrected chi connectivity index (χ1v) is 5.47. The van der Waals surface area contributed by atoms with Crippen LogP contribution in [0.5, 0.6) is 0 Å². The van der Waals surface area contributed by atoms with Gasteiger partial charge in [-0.3, -0.25) is 4.79 Å². The van der Waals surface area contributed by atoms with Crippen molar-refractivity contribution in [2.45, 2.75) is 13.0 Å². The summed E-state index contributed by atoms with van der Waals surface area (Å²) >= 11 is 0. The molecule has 2 aromatic rings. The molecule has 1 aromatic heterocycles. The number of rotatable bonds is 5. The van der Waals surface area contributed by atoms with Crippen LogP contribution < -0.4 is 0 Å². The van der Waals surface area contributed by atoms with E-state index in [1.807, 2.05) is 0 Å². The van der Waals surface area contributed by atoms with Crippen LogP contribution in [0.15, 0.2) is 36.8 Å². The highest BCUT2D eigenvalue weighted by molar-refractivity contribution is 5.80. The maximum Gasteiger partial charge on any atom is 0.381 e. The van der Waals surface area contributed by atoms with Gasteiger partial charge in [-0.1, -0.05) is 12.1 Å². The summed E-state index contributed by atoms with van der Waals surface area (Å²) in [6.45, 7) is -0.00177. The molecular formula is C12H10FN3O3. The number of Topliss-reactive ketones (excluding diaryl/α,β-unsaturated/α-hetero) is 1. The van der Waals surface area contributed by atoms with Gasteiger partial charge in [0.15, 0.2) is 5.78 Å². The molecule has 0 saturated carbocycles. The average molecular weight is 263 g/mol. The Morgan fingerprint density at radius 2 is 2.05 bits per heavy atom. The van der Waals surface area contributed by atoms with Gasteiger partial charge < -0.3 is 14.7 Å². The summed E-state index contributed by atoms with van der Waals surface area (Å²) in [6.07, 6.45) is 2.58. The summed E-state index contributed by atoms with van der Waals surface area (Å²) < 4.78 is 14.0. The number of carbonyl (C=O) groups is 1. The number of imidazole rings is 1. The molecule has 7 heteroatoms. The minimum atomic E-state index is -0.624. The summed E-state index contributed by atoms with van der Waals surface area (Å²) in [7, 11) is 0. The first-order chi connectivity index (χ1) is 9.04. The summed E-state index contributed by atoms with van der Waals surface area (Å²) in [5.41, 5.74) is 0.695. The normalized spacial score (nSPS) is 10.4. The number of hydrogen-bond donors (Lipinski definition) is 0. The standard InChI is InChI=1S/C12H10FN3O3/c13-10-3-1-9(2-4-10)5-11(17)6-15-7-12(14-8-15)16(18)19/h1-4,7-8H,5-6H2. The van der Waals surface area contributed by atoms with Crippen LogP contribution >= 0.6 is 0 Å². The quantitative estimate of drug-likeness (QED) is 0.608. The number of hydrogen-bond acceptors (Lipinski definition) is 4. The zero-order chi connectivity index (χ0) is 13.8. The number of ketones is 1. The van der Waals surface area contributed by atoms with Gasteiger partial charge in [-0.25, -0.2) is 4.39 Å². The Bertz CT molecular complexity index is 607. The van der Waals surface area contributed by atoms with Gasteiger partial charge in [0.05, 0.1) is 6.54 Å². The molecule has 6 nitrogen and oxygen atoms in total. The first-order valence-electron chi connectivity index (χ1n) is 5.47. The van der Waals surface area contributed by atoms with E-state index in [4.69, 9.17) is 0 Å². The van der Waals surface area contributed by atoms with Crippen LogP contribution in [-0.4, -0.2) is 20.3 Å².